The van der Waals surface area contributed by atoms with Crippen LogP contribution in [0.3, 0.4) is 0 Å². The van der Waals surface area contributed by atoms with Gasteiger partial charge in [-0.1, -0.05) is 30.2 Å². The predicted octanol–water partition coefficient (Wildman–Crippen LogP) is 2.69. The summed E-state index contributed by atoms with van der Waals surface area (Å²) in [6.45, 7) is 3.00. The number of nitrogens with one attached hydrogen (secondary N) is 2. The molecule has 2 aromatic carbocycles. The number of methoxy groups -OCH3 is 1. The van der Waals surface area contributed by atoms with Crippen LogP contribution in [-0.2, 0) is 6.42 Å². The van der Waals surface area contributed by atoms with Gasteiger partial charge in [-0.25, -0.2) is 0 Å². The minimum atomic E-state index is 0.290. The summed E-state index contributed by atoms with van der Waals surface area (Å²) in [4.78, 5) is 6.73. The molecule has 1 heterocycles. The second-order valence-corrected chi connectivity index (χ2v) is 7.13. The molecule has 1 atom stereocenters. The van der Waals surface area contributed by atoms with Crippen LogP contribution in [0.25, 0.3) is 0 Å². The number of aliphatic imine (C=N–C) groups is 1. The maximum Gasteiger partial charge on any atom is 0.191 e. The van der Waals surface area contributed by atoms with Crippen molar-refractivity contribution in [3.63, 3.8) is 0 Å². The Morgan fingerprint density at radius 2 is 2.03 bits per heavy atom. The van der Waals surface area contributed by atoms with Crippen molar-refractivity contribution in [1.82, 2.24) is 10.6 Å². The first-order chi connectivity index (χ1) is 14.7. The Labute approximate surface area is 179 Å². The van der Waals surface area contributed by atoms with Crippen LogP contribution in [0.4, 0.5) is 5.69 Å². The van der Waals surface area contributed by atoms with E-state index in [0.29, 0.717) is 12.6 Å². The molecule has 2 N–H and O–H groups in total. The lowest BCUT2D eigenvalue weighted by Gasteiger charge is -2.22. The number of terminal acetylenes is 1. The molecule has 0 aliphatic carbocycles. The third-order valence-electron chi connectivity index (χ3n) is 5.13. The van der Waals surface area contributed by atoms with Gasteiger partial charge in [0, 0.05) is 32.7 Å². The first-order valence-electron chi connectivity index (χ1n) is 10.2. The Hall–Kier alpha value is -3.33. The number of para-hydroxylation sites is 2. The Bertz CT molecular complexity index is 874. The van der Waals surface area contributed by atoms with E-state index in [2.05, 4.69) is 44.6 Å². The van der Waals surface area contributed by atoms with E-state index in [1.165, 1.54) is 5.56 Å². The highest BCUT2D eigenvalue weighted by Crippen LogP contribution is 2.30. The summed E-state index contributed by atoms with van der Waals surface area (Å²) in [6.07, 6.45) is 7.16. The number of hydrogen-bond donors (Lipinski definition) is 2. The van der Waals surface area contributed by atoms with Gasteiger partial charge < -0.3 is 25.0 Å². The molecule has 1 saturated heterocycles. The molecule has 1 unspecified atom stereocenters. The molecule has 0 saturated carbocycles. The second kappa shape index (κ2) is 11.0. The zero-order chi connectivity index (χ0) is 21.2. The van der Waals surface area contributed by atoms with Crippen molar-refractivity contribution in [3.05, 3.63) is 54.1 Å². The van der Waals surface area contributed by atoms with Gasteiger partial charge in [0.05, 0.1) is 12.8 Å². The van der Waals surface area contributed by atoms with E-state index in [1.807, 2.05) is 30.3 Å². The summed E-state index contributed by atoms with van der Waals surface area (Å²) in [5.74, 6) is 5.01. The van der Waals surface area contributed by atoms with E-state index in [4.69, 9.17) is 15.9 Å². The molecule has 158 valence electrons. The van der Waals surface area contributed by atoms with Crippen LogP contribution in [0.1, 0.15) is 12.0 Å². The number of anilines is 1. The average Bonchev–Trinajstić information content (AvgIpc) is 3.26. The molecule has 6 heteroatoms. The number of ether oxygens (including phenoxy) is 2. The van der Waals surface area contributed by atoms with Crippen LogP contribution >= 0.6 is 0 Å². The van der Waals surface area contributed by atoms with Gasteiger partial charge >= 0.3 is 0 Å². The molecule has 0 amide bonds. The summed E-state index contributed by atoms with van der Waals surface area (Å²) in [6, 6.07) is 16.5. The maximum absolute atomic E-state index is 5.50. The molecule has 1 aliphatic rings. The molecule has 30 heavy (non-hydrogen) atoms. The van der Waals surface area contributed by atoms with Crippen LogP contribution in [0.5, 0.6) is 11.5 Å². The molecular weight excluding hydrogens is 376 g/mol. The van der Waals surface area contributed by atoms with Gasteiger partial charge in [0.15, 0.2) is 5.96 Å². The lowest BCUT2D eigenvalue weighted by molar-refractivity contribution is 0.370. The first-order valence-corrected chi connectivity index (χ1v) is 10.2. The van der Waals surface area contributed by atoms with Gasteiger partial charge in [0.1, 0.15) is 18.1 Å². The largest absolute Gasteiger partial charge is 0.495 e. The van der Waals surface area contributed by atoms with E-state index < -0.39 is 0 Å². The smallest absolute Gasteiger partial charge is 0.191 e. The summed E-state index contributed by atoms with van der Waals surface area (Å²) >= 11 is 0. The van der Waals surface area contributed by atoms with Gasteiger partial charge in [-0.15, -0.1) is 6.42 Å². The fourth-order valence-corrected chi connectivity index (χ4v) is 3.58. The topological polar surface area (TPSA) is 58.1 Å². The number of rotatable bonds is 8. The number of hydrogen-bond acceptors (Lipinski definition) is 4. The summed E-state index contributed by atoms with van der Waals surface area (Å²) in [7, 11) is 3.52. The van der Waals surface area contributed by atoms with Crippen LogP contribution in [0, 0.1) is 12.3 Å². The summed E-state index contributed by atoms with van der Waals surface area (Å²) in [5.41, 5.74) is 2.37. The number of nitrogens with zero attached hydrogens (tertiary/aromatic N) is 2. The average molecular weight is 407 g/mol. The molecule has 0 aromatic heterocycles. The summed E-state index contributed by atoms with van der Waals surface area (Å²) in [5, 5.41) is 6.95. The molecular formula is C24H30N4O2. The Balaban J connectivity index is 1.44. The Morgan fingerprint density at radius 1 is 1.23 bits per heavy atom. The molecule has 6 nitrogen and oxygen atoms in total. The van der Waals surface area contributed by atoms with Gasteiger partial charge in [-0.2, -0.15) is 0 Å². The van der Waals surface area contributed by atoms with E-state index in [9.17, 15) is 0 Å². The minimum Gasteiger partial charge on any atom is -0.495 e. The monoisotopic (exact) mass is 406 g/mol. The molecule has 2 aromatic rings. The quantitative estimate of drug-likeness (QED) is 0.401. The minimum absolute atomic E-state index is 0.290. The van der Waals surface area contributed by atoms with Crippen molar-refractivity contribution in [1.29, 1.82) is 0 Å². The second-order valence-electron chi connectivity index (χ2n) is 7.13. The molecule has 0 radical (unpaired) electrons. The highest BCUT2D eigenvalue weighted by Gasteiger charge is 2.25. The van der Waals surface area contributed by atoms with Gasteiger partial charge in [0.25, 0.3) is 0 Å². The number of guanidine groups is 1. The van der Waals surface area contributed by atoms with Crippen molar-refractivity contribution in [3.8, 4) is 23.8 Å². The maximum atomic E-state index is 5.50. The zero-order valence-electron chi connectivity index (χ0n) is 17.7. The van der Waals surface area contributed by atoms with Gasteiger partial charge in [-0.3, -0.25) is 4.99 Å². The van der Waals surface area contributed by atoms with Crippen LogP contribution in [-0.4, -0.2) is 52.4 Å². The van der Waals surface area contributed by atoms with Gasteiger partial charge in [-0.05, 0) is 42.7 Å². The predicted molar refractivity (Wildman–Crippen MR) is 123 cm³/mol. The highest BCUT2D eigenvalue weighted by molar-refractivity contribution is 5.80. The molecule has 3 rings (SSSR count). The standard InChI is InChI=1S/C24H30N4O2/c1-4-17-30-21-11-9-19(10-12-21)13-15-26-24(25-2)27-20-14-16-28(18-20)22-7-5-6-8-23(22)29-3/h1,5-12,20H,13-18H2,2-3H3,(H2,25,26,27). The van der Waals surface area contributed by atoms with E-state index in [-0.39, 0.29) is 0 Å². The summed E-state index contributed by atoms with van der Waals surface area (Å²) < 4.78 is 10.9. The van der Waals surface area contributed by atoms with Crippen LogP contribution < -0.4 is 25.0 Å². The SMILES string of the molecule is C#CCOc1ccc(CCNC(=NC)NC2CCN(c3ccccc3OC)C2)cc1. The third-order valence-corrected chi connectivity index (χ3v) is 5.13. The third kappa shape index (κ3) is 5.84. The van der Waals surface area contributed by atoms with E-state index in [1.54, 1.807) is 14.2 Å². The molecule has 1 fully saturated rings. The Morgan fingerprint density at radius 3 is 2.77 bits per heavy atom. The van der Waals surface area contributed by atoms with Crippen LogP contribution in [0.2, 0.25) is 0 Å². The molecule has 0 spiro atoms. The molecule has 0 bridgehead atoms. The van der Waals surface area contributed by atoms with E-state index >= 15 is 0 Å². The van der Waals surface area contributed by atoms with Gasteiger partial charge in [0.2, 0.25) is 0 Å². The highest BCUT2D eigenvalue weighted by atomic mass is 16.5. The fraction of sp³-hybridized carbons (Fsp3) is 0.375. The first kappa shape index (κ1) is 21.4. The fourth-order valence-electron chi connectivity index (χ4n) is 3.58. The lowest BCUT2D eigenvalue weighted by Crippen LogP contribution is -2.45. The Kier molecular flexibility index (Phi) is 7.85. The normalized spacial score (nSPS) is 16.1. The van der Waals surface area contributed by atoms with Crippen molar-refractivity contribution in [2.45, 2.75) is 18.9 Å². The van der Waals surface area contributed by atoms with Crippen molar-refractivity contribution >= 4 is 11.6 Å². The van der Waals surface area contributed by atoms with Crippen LogP contribution in [0.15, 0.2) is 53.5 Å². The number of benzene rings is 2. The van der Waals surface area contributed by atoms with Crippen molar-refractivity contribution in [2.75, 3.05) is 45.3 Å². The zero-order valence-corrected chi connectivity index (χ0v) is 17.7. The van der Waals surface area contributed by atoms with Crippen molar-refractivity contribution in [2.24, 2.45) is 4.99 Å². The lowest BCUT2D eigenvalue weighted by atomic mass is 10.1. The van der Waals surface area contributed by atoms with E-state index in [0.717, 1.165) is 55.6 Å². The molecule has 1 aliphatic heterocycles. The van der Waals surface area contributed by atoms with Crippen molar-refractivity contribution < 1.29 is 9.47 Å².